The summed E-state index contributed by atoms with van der Waals surface area (Å²) >= 11 is 0. The van der Waals surface area contributed by atoms with Crippen molar-refractivity contribution in [1.29, 1.82) is 0 Å². The standard InChI is InChI=1S/C32H25N7/c1-2-5-21(6-3-1)16-34-17-22-13-25(20-35-18-22)23-8-9-29-26(14-23)32(39-38-29)30-15-27-28(37-30)10-12-36-31(27)24-7-4-11-33-19-24/h1-15,18-20,34,37H,16-17H2,(H,38,39). The molecular formula is C32H25N7. The fourth-order valence-electron chi connectivity index (χ4n) is 5.00. The van der Waals surface area contributed by atoms with Crippen LogP contribution in [0.1, 0.15) is 11.1 Å². The molecule has 5 heterocycles. The Labute approximate surface area is 225 Å². The van der Waals surface area contributed by atoms with Crippen molar-refractivity contribution < 1.29 is 0 Å². The number of pyridine rings is 3. The van der Waals surface area contributed by atoms with E-state index in [4.69, 9.17) is 0 Å². The molecule has 0 saturated carbocycles. The van der Waals surface area contributed by atoms with E-state index in [2.05, 4.69) is 90.0 Å². The molecule has 7 aromatic rings. The highest BCUT2D eigenvalue weighted by atomic mass is 15.1. The van der Waals surface area contributed by atoms with Gasteiger partial charge in [0.25, 0.3) is 0 Å². The molecule has 0 amide bonds. The van der Waals surface area contributed by atoms with Crippen molar-refractivity contribution >= 4 is 21.8 Å². The highest BCUT2D eigenvalue weighted by Crippen LogP contribution is 2.34. The Balaban J connectivity index is 1.20. The van der Waals surface area contributed by atoms with Gasteiger partial charge in [-0.05, 0) is 59.2 Å². The maximum atomic E-state index is 4.67. The van der Waals surface area contributed by atoms with Gasteiger partial charge in [-0.3, -0.25) is 20.1 Å². The molecule has 0 fully saturated rings. The van der Waals surface area contributed by atoms with E-state index >= 15 is 0 Å². The highest BCUT2D eigenvalue weighted by molar-refractivity contribution is 6.00. The van der Waals surface area contributed by atoms with Gasteiger partial charge in [0.15, 0.2) is 0 Å². The average Bonchev–Trinajstić information content (AvgIpc) is 3.62. The fourth-order valence-corrected chi connectivity index (χ4v) is 5.00. The summed E-state index contributed by atoms with van der Waals surface area (Å²) in [7, 11) is 0. The Morgan fingerprint density at radius 3 is 2.38 bits per heavy atom. The fraction of sp³-hybridized carbons (Fsp3) is 0.0625. The molecule has 5 aromatic heterocycles. The molecule has 3 N–H and O–H groups in total. The third-order valence-electron chi connectivity index (χ3n) is 6.93. The van der Waals surface area contributed by atoms with E-state index in [1.54, 1.807) is 6.20 Å². The van der Waals surface area contributed by atoms with Gasteiger partial charge in [-0.25, -0.2) is 0 Å². The first-order chi connectivity index (χ1) is 19.3. The second-order valence-electron chi connectivity index (χ2n) is 9.55. The highest BCUT2D eigenvalue weighted by Gasteiger charge is 2.15. The lowest BCUT2D eigenvalue weighted by Crippen LogP contribution is -2.12. The molecule has 2 aromatic carbocycles. The van der Waals surface area contributed by atoms with Crippen molar-refractivity contribution in [2.24, 2.45) is 0 Å². The third kappa shape index (κ3) is 4.56. The van der Waals surface area contributed by atoms with Crippen LogP contribution in [0.4, 0.5) is 0 Å². The first-order valence-electron chi connectivity index (χ1n) is 12.9. The van der Waals surface area contributed by atoms with Crippen LogP contribution in [-0.2, 0) is 13.1 Å². The van der Waals surface area contributed by atoms with Crippen molar-refractivity contribution in [2.45, 2.75) is 13.1 Å². The largest absolute Gasteiger partial charge is 0.353 e. The molecule has 39 heavy (non-hydrogen) atoms. The zero-order valence-corrected chi connectivity index (χ0v) is 21.1. The number of benzene rings is 2. The first-order valence-corrected chi connectivity index (χ1v) is 12.9. The number of aromatic amines is 2. The zero-order valence-electron chi connectivity index (χ0n) is 21.1. The molecule has 0 spiro atoms. The van der Waals surface area contributed by atoms with E-state index in [9.17, 15) is 0 Å². The van der Waals surface area contributed by atoms with Gasteiger partial charge >= 0.3 is 0 Å². The molecule has 7 rings (SSSR count). The molecule has 7 nitrogen and oxygen atoms in total. The van der Waals surface area contributed by atoms with E-state index in [0.717, 1.165) is 74.2 Å². The molecule has 0 aliphatic heterocycles. The normalized spacial score (nSPS) is 11.4. The molecule has 188 valence electrons. The number of rotatable bonds is 7. The minimum absolute atomic E-state index is 0.747. The van der Waals surface area contributed by atoms with E-state index in [-0.39, 0.29) is 0 Å². The topological polar surface area (TPSA) is 95.2 Å². The lowest BCUT2D eigenvalue weighted by Gasteiger charge is -2.08. The Hall–Kier alpha value is -5.14. The van der Waals surface area contributed by atoms with Crippen LogP contribution in [0.5, 0.6) is 0 Å². The van der Waals surface area contributed by atoms with Crippen LogP contribution in [0.2, 0.25) is 0 Å². The second kappa shape index (κ2) is 9.96. The van der Waals surface area contributed by atoms with Crippen LogP contribution in [0, 0.1) is 0 Å². The zero-order chi connectivity index (χ0) is 26.0. The third-order valence-corrected chi connectivity index (χ3v) is 6.93. The number of fused-ring (bicyclic) bond motifs is 2. The SMILES string of the molecule is c1ccc(CNCc2cncc(-c3ccc4[nH]nc(-c5cc6c(-c7cccnc7)nccc6[nH]5)c4c3)c2)cc1. The van der Waals surface area contributed by atoms with E-state index in [1.165, 1.54) is 5.56 Å². The number of hydrogen-bond acceptors (Lipinski definition) is 5. The Kier molecular flexibility index (Phi) is 5.88. The smallest absolute Gasteiger partial charge is 0.116 e. The second-order valence-corrected chi connectivity index (χ2v) is 9.55. The Morgan fingerprint density at radius 2 is 1.49 bits per heavy atom. The molecule has 0 unspecified atom stereocenters. The van der Waals surface area contributed by atoms with Crippen LogP contribution in [-0.4, -0.2) is 30.1 Å². The van der Waals surface area contributed by atoms with Crippen molar-refractivity contribution in [3.05, 3.63) is 121 Å². The molecule has 7 heteroatoms. The minimum atomic E-state index is 0.747. The molecule has 0 aliphatic carbocycles. The van der Waals surface area contributed by atoms with Crippen molar-refractivity contribution in [3.63, 3.8) is 0 Å². The summed E-state index contributed by atoms with van der Waals surface area (Å²) in [6.07, 6.45) is 9.26. The number of H-pyrrole nitrogens is 2. The van der Waals surface area contributed by atoms with Gasteiger partial charge in [-0.15, -0.1) is 0 Å². The number of hydrogen-bond donors (Lipinski definition) is 3. The maximum Gasteiger partial charge on any atom is 0.116 e. The van der Waals surface area contributed by atoms with Crippen LogP contribution < -0.4 is 5.32 Å². The van der Waals surface area contributed by atoms with Gasteiger partial charge in [-0.1, -0.05) is 36.4 Å². The van der Waals surface area contributed by atoms with Gasteiger partial charge in [0.2, 0.25) is 0 Å². The van der Waals surface area contributed by atoms with Crippen molar-refractivity contribution in [3.8, 4) is 33.8 Å². The maximum absolute atomic E-state index is 4.67. The van der Waals surface area contributed by atoms with Gasteiger partial charge < -0.3 is 10.3 Å². The summed E-state index contributed by atoms with van der Waals surface area (Å²) in [5.74, 6) is 0. The van der Waals surface area contributed by atoms with Crippen LogP contribution in [0.3, 0.4) is 0 Å². The number of nitrogens with one attached hydrogen (secondary N) is 3. The summed E-state index contributed by atoms with van der Waals surface area (Å²) in [5, 5.41) is 13.5. The Morgan fingerprint density at radius 1 is 0.615 bits per heavy atom. The summed E-state index contributed by atoms with van der Waals surface area (Å²) in [5.41, 5.74) is 10.2. The molecule has 0 atom stereocenters. The minimum Gasteiger partial charge on any atom is -0.353 e. The number of nitrogens with zero attached hydrogens (tertiary/aromatic N) is 4. The van der Waals surface area contributed by atoms with Crippen molar-refractivity contribution in [1.82, 2.24) is 35.5 Å². The average molecular weight is 508 g/mol. The van der Waals surface area contributed by atoms with Gasteiger partial charge in [0.05, 0.1) is 16.9 Å². The Bertz CT molecular complexity index is 1890. The summed E-state index contributed by atoms with van der Waals surface area (Å²) < 4.78 is 0. The van der Waals surface area contributed by atoms with Gasteiger partial charge in [0.1, 0.15) is 5.69 Å². The van der Waals surface area contributed by atoms with Gasteiger partial charge in [0, 0.05) is 71.5 Å². The van der Waals surface area contributed by atoms with E-state index in [1.807, 2.05) is 49.1 Å². The van der Waals surface area contributed by atoms with Crippen LogP contribution in [0.15, 0.2) is 110 Å². The molecule has 0 bridgehead atoms. The number of aromatic nitrogens is 6. The van der Waals surface area contributed by atoms with E-state index in [0.29, 0.717) is 0 Å². The first kappa shape index (κ1) is 23.0. The van der Waals surface area contributed by atoms with Crippen molar-refractivity contribution in [2.75, 3.05) is 0 Å². The molecule has 0 saturated heterocycles. The van der Waals surface area contributed by atoms with Crippen LogP contribution >= 0.6 is 0 Å². The quantitative estimate of drug-likeness (QED) is 0.228. The summed E-state index contributed by atoms with van der Waals surface area (Å²) in [4.78, 5) is 17.0. The monoisotopic (exact) mass is 507 g/mol. The summed E-state index contributed by atoms with van der Waals surface area (Å²) in [6.45, 7) is 1.56. The van der Waals surface area contributed by atoms with Crippen LogP contribution in [0.25, 0.3) is 55.6 Å². The molecular weight excluding hydrogens is 482 g/mol. The predicted octanol–water partition coefficient (Wildman–Crippen LogP) is 6.52. The molecule has 0 aliphatic rings. The lowest BCUT2D eigenvalue weighted by atomic mass is 10.0. The predicted molar refractivity (Wildman–Crippen MR) is 155 cm³/mol. The van der Waals surface area contributed by atoms with Gasteiger partial charge in [-0.2, -0.15) is 5.10 Å². The lowest BCUT2D eigenvalue weighted by molar-refractivity contribution is 0.691. The van der Waals surface area contributed by atoms with E-state index < -0.39 is 0 Å². The summed E-state index contributed by atoms with van der Waals surface area (Å²) in [6, 6.07) is 27.0. The molecule has 0 radical (unpaired) electrons.